The zero-order valence-corrected chi connectivity index (χ0v) is 5.16. The molecule has 0 spiro atoms. The van der Waals surface area contributed by atoms with Gasteiger partial charge < -0.3 is 5.73 Å². The smallest absolute Gasteiger partial charge is 0.108 e. The third kappa shape index (κ3) is 0.797. The predicted molar refractivity (Wildman–Crippen MR) is 33.9 cm³/mol. The zero-order valence-electron chi connectivity index (χ0n) is 4.35. The molecule has 1 aliphatic heterocycles. The largest absolute Gasteiger partial charge is 0.401 e. The van der Waals surface area contributed by atoms with Gasteiger partial charge in [-0.1, -0.05) is 0 Å². The highest BCUT2D eigenvalue weighted by molar-refractivity contribution is 8.03. The lowest BCUT2D eigenvalue weighted by Crippen LogP contribution is -1.93. The highest BCUT2D eigenvalue weighted by Gasteiger charge is 2.10. The Morgan fingerprint density at radius 3 is 2.75 bits per heavy atom. The summed E-state index contributed by atoms with van der Waals surface area (Å²) in [5.41, 5.74) is 6.19. The number of thioether (sulfide) groups is 1. The summed E-state index contributed by atoms with van der Waals surface area (Å²) < 4.78 is 0. The van der Waals surface area contributed by atoms with E-state index in [1.165, 1.54) is 0 Å². The molecule has 2 N–H and O–H groups in total. The van der Waals surface area contributed by atoms with Crippen LogP contribution in [-0.2, 0) is 0 Å². The number of nitrogens with two attached hydrogens (primary N) is 1. The molecule has 3 heteroatoms. The van der Waals surface area contributed by atoms with Crippen LogP contribution in [0.1, 0.15) is 6.42 Å². The van der Waals surface area contributed by atoms with Crippen LogP contribution in [0.5, 0.6) is 0 Å². The fourth-order valence-corrected chi connectivity index (χ4v) is 1.45. The van der Waals surface area contributed by atoms with Crippen molar-refractivity contribution >= 4 is 11.8 Å². The number of rotatable bonds is 0. The Morgan fingerprint density at radius 2 is 2.50 bits per heavy atom. The molecule has 0 aromatic rings. The molecule has 0 unspecified atom stereocenters. The van der Waals surface area contributed by atoms with E-state index in [2.05, 4.69) is 0 Å². The van der Waals surface area contributed by atoms with Crippen LogP contribution in [-0.4, -0.2) is 5.75 Å². The molecule has 1 aliphatic rings. The van der Waals surface area contributed by atoms with Gasteiger partial charge in [-0.25, -0.2) is 0 Å². The maximum absolute atomic E-state index is 8.33. The molecule has 0 atom stereocenters. The van der Waals surface area contributed by atoms with Crippen molar-refractivity contribution in [2.24, 2.45) is 5.73 Å². The molecule has 0 fully saturated rings. The Hall–Kier alpha value is -0.620. The fourth-order valence-electron chi connectivity index (χ4n) is 0.573. The van der Waals surface area contributed by atoms with E-state index in [1.54, 1.807) is 11.8 Å². The van der Waals surface area contributed by atoms with Gasteiger partial charge in [-0.05, 0) is 6.42 Å². The molecule has 0 amide bonds. The molecule has 0 aliphatic carbocycles. The van der Waals surface area contributed by atoms with Crippen molar-refractivity contribution in [3.05, 3.63) is 10.6 Å². The lowest BCUT2D eigenvalue weighted by Gasteiger charge is -1.84. The van der Waals surface area contributed by atoms with Gasteiger partial charge in [0, 0.05) is 11.4 Å². The third-order valence-electron chi connectivity index (χ3n) is 1.01. The van der Waals surface area contributed by atoms with Gasteiger partial charge >= 0.3 is 0 Å². The van der Waals surface area contributed by atoms with E-state index in [0.717, 1.165) is 17.9 Å². The van der Waals surface area contributed by atoms with Crippen LogP contribution in [0.2, 0.25) is 0 Å². The molecule has 1 rings (SSSR count). The molecule has 0 radical (unpaired) electrons. The first-order valence-corrected chi connectivity index (χ1v) is 3.34. The second-order valence-corrected chi connectivity index (χ2v) is 2.67. The average molecular weight is 126 g/mol. The first kappa shape index (κ1) is 5.52. The van der Waals surface area contributed by atoms with E-state index in [1.807, 2.05) is 6.07 Å². The van der Waals surface area contributed by atoms with Crippen LogP contribution in [0.3, 0.4) is 0 Å². The second-order valence-electron chi connectivity index (χ2n) is 1.56. The Balaban J connectivity index is 2.77. The summed E-state index contributed by atoms with van der Waals surface area (Å²) in [5.74, 6) is 0.981. The van der Waals surface area contributed by atoms with Crippen LogP contribution >= 0.6 is 11.8 Å². The van der Waals surface area contributed by atoms with E-state index in [4.69, 9.17) is 11.0 Å². The van der Waals surface area contributed by atoms with Crippen LogP contribution in [0, 0.1) is 11.3 Å². The second kappa shape index (κ2) is 2.10. The summed E-state index contributed by atoms with van der Waals surface area (Å²) in [5, 5.41) is 8.33. The van der Waals surface area contributed by atoms with Crippen molar-refractivity contribution in [1.82, 2.24) is 0 Å². The minimum atomic E-state index is 0.713. The van der Waals surface area contributed by atoms with Gasteiger partial charge in [-0.2, -0.15) is 5.26 Å². The monoisotopic (exact) mass is 126 g/mol. The first-order chi connectivity index (χ1) is 3.84. The van der Waals surface area contributed by atoms with Crippen molar-refractivity contribution < 1.29 is 0 Å². The Kier molecular flexibility index (Phi) is 1.45. The van der Waals surface area contributed by atoms with E-state index < -0.39 is 0 Å². The van der Waals surface area contributed by atoms with E-state index in [9.17, 15) is 0 Å². The summed E-state index contributed by atoms with van der Waals surface area (Å²) in [6.45, 7) is 0. The topological polar surface area (TPSA) is 49.8 Å². The summed E-state index contributed by atoms with van der Waals surface area (Å²) in [6, 6.07) is 2.03. The Morgan fingerprint density at radius 1 is 1.75 bits per heavy atom. The Labute approximate surface area is 52.4 Å². The zero-order chi connectivity index (χ0) is 5.98. The van der Waals surface area contributed by atoms with Crippen LogP contribution in [0.4, 0.5) is 0 Å². The van der Waals surface area contributed by atoms with Crippen molar-refractivity contribution in [2.45, 2.75) is 6.42 Å². The molecule has 0 aromatic heterocycles. The maximum Gasteiger partial charge on any atom is 0.108 e. The number of nitrogens with zero attached hydrogens (tertiary/aromatic N) is 1. The molecular weight excluding hydrogens is 120 g/mol. The van der Waals surface area contributed by atoms with Gasteiger partial charge in [-0.3, -0.25) is 0 Å². The maximum atomic E-state index is 8.33. The molecule has 8 heavy (non-hydrogen) atoms. The number of hydrogen-bond acceptors (Lipinski definition) is 3. The standard InChI is InChI=1S/C5H6N2S/c6-3-5-4(7)1-2-8-5/h1-2,7H2. The first-order valence-electron chi connectivity index (χ1n) is 2.36. The molecular formula is C5H6N2S. The van der Waals surface area contributed by atoms with Gasteiger partial charge in [0.1, 0.15) is 11.0 Å². The van der Waals surface area contributed by atoms with Crippen molar-refractivity contribution in [3.63, 3.8) is 0 Å². The molecule has 42 valence electrons. The predicted octanol–water partition coefficient (Wildman–Crippen LogP) is 0.817. The Bertz CT molecular complexity index is 166. The molecule has 0 saturated carbocycles. The SMILES string of the molecule is N#CC1=C(N)CCS1. The van der Waals surface area contributed by atoms with E-state index in [0.29, 0.717) is 4.91 Å². The van der Waals surface area contributed by atoms with Crippen LogP contribution < -0.4 is 5.73 Å². The summed E-state index contributed by atoms with van der Waals surface area (Å²) in [7, 11) is 0. The molecule has 0 aromatic carbocycles. The number of hydrogen-bond donors (Lipinski definition) is 1. The molecule has 2 nitrogen and oxygen atoms in total. The average Bonchev–Trinajstić information content (AvgIpc) is 2.14. The lowest BCUT2D eigenvalue weighted by molar-refractivity contribution is 1.10. The minimum absolute atomic E-state index is 0.713. The minimum Gasteiger partial charge on any atom is -0.401 e. The molecule has 0 saturated heterocycles. The normalized spacial score (nSPS) is 18.9. The summed E-state index contributed by atoms with van der Waals surface area (Å²) in [4.78, 5) is 0.713. The van der Waals surface area contributed by atoms with Crippen LogP contribution in [0.15, 0.2) is 10.6 Å². The van der Waals surface area contributed by atoms with Crippen LogP contribution in [0.25, 0.3) is 0 Å². The molecule has 0 bridgehead atoms. The van der Waals surface area contributed by atoms with Gasteiger partial charge in [0.05, 0.1) is 0 Å². The van der Waals surface area contributed by atoms with Gasteiger partial charge in [0.25, 0.3) is 0 Å². The lowest BCUT2D eigenvalue weighted by atomic mass is 10.3. The highest BCUT2D eigenvalue weighted by atomic mass is 32.2. The quantitative estimate of drug-likeness (QED) is 0.522. The summed E-state index contributed by atoms with van der Waals surface area (Å²) in [6.07, 6.45) is 0.883. The van der Waals surface area contributed by atoms with Crippen molar-refractivity contribution in [1.29, 1.82) is 5.26 Å². The number of allylic oxidation sites excluding steroid dienone is 2. The van der Waals surface area contributed by atoms with E-state index in [-0.39, 0.29) is 0 Å². The third-order valence-corrected chi connectivity index (χ3v) is 2.06. The highest BCUT2D eigenvalue weighted by Crippen LogP contribution is 2.26. The molecule has 1 heterocycles. The van der Waals surface area contributed by atoms with Crippen molar-refractivity contribution in [2.75, 3.05) is 5.75 Å². The fraction of sp³-hybridized carbons (Fsp3) is 0.400. The van der Waals surface area contributed by atoms with Crippen molar-refractivity contribution in [3.8, 4) is 6.07 Å². The van der Waals surface area contributed by atoms with Gasteiger partial charge in [-0.15, -0.1) is 11.8 Å². The number of nitriles is 1. The van der Waals surface area contributed by atoms with Gasteiger partial charge in [0.15, 0.2) is 0 Å². The van der Waals surface area contributed by atoms with Gasteiger partial charge in [0.2, 0.25) is 0 Å². The summed E-state index contributed by atoms with van der Waals surface area (Å²) >= 11 is 1.54. The van der Waals surface area contributed by atoms with E-state index >= 15 is 0 Å².